The molecule has 1 aromatic heterocycles. The number of Topliss-reactive ketones (excluding diaryl/α,β-unsaturated/α-hetero) is 1. The number of benzene rings is 3. The third-order valence-corrected chi connectivity index (χ3v) is 7.83. The predicted octanol–water partition coefficient (Wildman–Crippen LogP) is 5.85. The molecule has 0 bridgehead atoms. The monoisotopic (exact) mass is 535 g/mol. The van der Waals surface area contributed by atoms with E-state index >= 15 is 0 Å². The highest BCUT2D eigenvalue weighted by Crippen LogP contribution is 2.50. The molecule has 0 saturated carbocycles. The van der Waals surface area contributed by atoms with E-state index in [0.717, 1.165) is 39.6 Å². The van der Waals surface area contributed by atoms with E-state index in [9.17, 15) is 14.7 Å². The molecule has 4 aromatic rings. The van der Waals surface area contributed by atoms with Gasteiger partial charge >= 0.3 is 5.97 Å². The van der Waals surface area contributed by atoms with Gasteiger partial charge in [0, 0.05) is 29.2 Å². The molecule has 3 aromatic carbocycles. The van der Waals surface area contributed by atoms with Crippen molar-refractivity contribution in [2.24, 2.45) is 0 Å². The van der Waals surface area contributed by atoms with Gasteiger partial charge in [-0.1, -0.05) is 36.4 Å². The fourth-order valence-corrected chi connectivity index (χ4v) is 5.93. The summed E-state index contributed by atoms with van der Waals surface area (Å²) in [6.07, 6.45) is 0.972. The van der Waals surface area contributed by atoms with Crippen molar-refractivity contribution in [2.45, 2.75) is 31.6 Å². The van der Waals surface area contributed by atoms with Crippen LogP contribution in [-0.2, 0) is 4.79 Å². The number of nitrogens with one attached hydrogen (secondary N) is 1. The van der Waals surface area contributed by atoms with Gasteiger partial charge in [0.15, 0.2) is 17.3 Å². The van der Waals surface area contributed by atoms with Gasteiger partial charge in [0.05, 0.1) is 31.2 Å². The number of methoxy groups -OCH3 is 2. The summed E-state index contributed by atoms with van der Waals surface area (Å²) < 4.78 is 12.8. The zero-order valence-electron chi connectivity index (χ0n) is 22.5. The Morgan fingerprint density at radius 1 is 0.950 bits per heavy atom. The van der Waals surface area contributed by atoms with Crippen molar-refractivity contribution in [3.63, 3.8) is 0 Å². The summed E-state index contributed by atoms with van der Waals surface area (Å²) in [6.45, 7) is 1.95. The average Bonchev–Trinajstić information content (AvgIpc) is 3.31. The smallest absolute Gasteiger partial charge is 0.335 e. The average molecular weight is 536 g/mol. The summed E-state index contributed by atoms with van der Waals surface area (Å²) in [5.41, 5.74) is 6.25. The molecule has 8 nitrogen and oxygen atoms in total. The number of fused-ring (bicyclic) bond motifs is 1. The molecule has 0 saturated heterocycles. The van der Waals surface area contributed by atoms with Crippen LogP contribution in [0, 0.1) is 6.92 Å². The molecular weight excluding hydrogens is 506 g/mol. The third kappa shape index (κ3) is 4.22. The summed E-state index contributed by atoms with van der Waals surface area (Å²) in [7, 11) is 3.20. The SMILES string of the molecule is COc1ccc([C@H]2CC(=O)C3=C(C2)Nc2c(c(C)nn2-c2ccccc2)[C@H]3c2ccc(C(=O)O)cc2)cc1OC. The lowest BCUT2D eigenvalue weighted by atomic mass is 9.72. The number of rotatable bonds is 6. The van der Waals surface area contributed by atoms with E-state index in [1.54, 1.807) is 38.5 Å². The Morgan fingerprint density at radius 2 is 1.65 bits per heavy atom. The number of nitrogens with zero attached hydrogens (tertiary/aromatic N) is 2. The zero-order chi connectivity index (χ0) is 28.0. The Hall–Kier alpha value is -4.85. The number of carbonyl (C=O) groups excluding carboxylic acids is 1. The summed E-state index contributed by atoms with van der Waals surface area (Å²) in [5, 5.41) is 17.9. The lowest BCUT2D eigenvalue weighted by molar-refractivity contribution is -0.116. The van der Waals surface area contributed by atoms with Crippen molar-refractivity contribution in [1.82, 2.24) is 9.78 Å². The van der Waals surface area contributed by atoms with Gasteiger partial charge < -0.3 is 19.9 Å². The molecule has 2 aliphatic rings. The lowest BCUT2D eigenvalue weighted by Crippen LogP contribution is -2.30. The minimum absolute atomic E-state index is 0.0515. The van der Waals surface area contributed by atoms with Crippen LogP contribution in [0.2, 0.25) is 0 Å². The van der Waals surface area contributed by atoms with Gasteiger partial charge in [-0.2, -0.15) is 5.10 Å². The van der Waals surface area contributed by atoms with Gasteiger partial charge in [-0.25, -0.2) is 9.48 Å². The molecule has 6 rings (SSSR count). The molecule has 0 unspecified atom stereocenters. The molecule has 2 N–H and O–H groups in total. The number of hydrogen-bond donors (Lipinski definition) is 2. The number of hydrogen-bond acceptors (Lipinski definition) is 6. The summed E-state index contributed by atoms with van der Waals surface area (Å²) in [6, 6.07) is 22.5. The van der Waals surface area contributed by atoms with E-state index in [-0.39, 0.29) is 23.2 Å². The maximum Gasteiger partial charge on any atom is 0.335 e. The number of ether oxygens (including phenoxy) is 2. The minimum Gasteiger partial charge on any atom is -0.493 e. The number of carboxylic acid groups (broad SMARTS) is 1. The molecular formula is C32H29N3O5. The quantitative estimate of drug-likeness (QED) is 0.319. The number of ketones is 1. The zero-order valence-corrected chi connectivity index (χ0v) is 22.5. The Morgan fingerprint density at radius 3 is 2.33 bits per heavy atom. The van der Waals surface area contributed by atoms with E-state index in [4.69, 9.17) is 14.6 Å². The van der Waals surface area contributed by atoms with Crippen molar-refractivity contribution in [3.8, 4) is 17.2 Å². The summed E-state index contributed by atoms with van der Waals surface area (Å²) >= 11 is 0. The second-order valence-electron chi connectivity index (χ2n) is 10.1. The molecule has 40 heavy (non-hydrogen) atoms. The first kappa shape index (κ1) is 25.4. The van der Waals surface area contributed by atoms with E-state index in [1.807, 2.05) is 60.1 Å². The van der Waals surface area contributed by atoms with Crippen molar-refractivity contribution in [1.29, 1.82) is 0 Å². The number of carboxylic acids is 1. The van der Waals surface area contributed by atoms with Gasteiger partial charge in [0.1, 0.15) is 5.82 Å². The maximum atomic E-state index is 14.0. The van der Waals surface area contributed by atoms with Crippen LogP contribution in [0.25, 0.3) is 5.69 Å². The van der Waals surface area contributed by atoms with Crippen LogP contribution < -0.4 is 14.8 Å². The van der Waals surface area contributed by atoms with Crippen LogP contribution in [0.3, 0.4) is 0 Å². The molecule has 8 heteroatoms. The number of aromatic nitrogens is 2. The third-order valence-electron chi connectivity index (χ3n) is 7.83. The summed E-state index contributed by atoms with van der Waals surface area (Å²) in [4.78, 5) is 25.5. The molecule has 1 aliphatic carbocycles. The van der Waals surface area contributed by atoms with Gasteiger partial charge in [-0.3, -0.25) is 4.79 Å². The number of anilines is 1. The molecule has 2 atom stereocenters. The molecule has 0 spiro atoms. The Balaban J connectivity index is 1.49. The fraction of sp³-hybridized carbons (Fsp3) is 0.219. The number of aromatic carboxylic acids is 1. The second-order valence-corrected chi connectivity index (χ2v) is 10.1. The normalized spacial score (nSPS) is 18.0. The molecule has 0 fully saturated rings. The highest BCUT2D eigenvalue weighted by Gasteiger charge is 2.41. The standard InChI is InChI=1S/C32H29N3O5/c1-18-28-29(19-9-11-20(12-10-19)32(37)38)30-24(33-31(28)35(34-18)23-7-5-4-6-8-23)15-22(16-25(30)36)21-13-14-26(39-2)27(17-21)40-3/h4-14,17,22,29,33H,15-16H2,1-3H3,(H,37,38)/t22-,29-/m1/s1. The van der Waals surface area contributed by atoms with E-state index in [2.05, 4.69) is 5.32 Å². The molecule has 0 radical (unpaired) electrons. The topological polar surface area (TPSA) is 103 Å². The first-order chi connectivity index (χ1) is 19.4. The van der Waals surface area contributed by atoms with Gasteiger partial charge in [-0.15, -0.1) is 0 Å². The Bertz CT molecular complexity index is 1650. The van der Waals surface area contributed by atoms with E-state index in [1.165, 1.54) is 0 Å². The maximum absolute atomic E-state index is 14.0. The van der Waals surface area contributed by atoms with Gasteiger partial charge in [0.25, 0.3) is 0 Å². The second kappa shape index (κ2) is 10.0. The van der Waals surface area contributed by atoms with Crippen LogP contribution in [0.4, 0.5) is 5.82 Å². The van der Waals surface area contributed by atoms with Crippen molar-refractivity contribution in [2.75, 3.05) is 19.5 Å². The van der Waals surface area contributed by atoms with E-state index < -0.39 is 5.97 Å². The highest BCUT2D eigenvalue weighted by atomic mass is 16.5. The van der Waals surface area contributed by atoms with Crippen molar-refractivity contribution >= 4 is 17.6 Å². The fourth-order valence-electron chi connectivity index (χ4n) is 5.93. The number of para-hydroxylation sites is 1. The number of carbonyl (C=O) groups is 2. The highest BCUT2D eigenvalue weighted by molar-refractivity contribution is 6.02. The van der Waals surface area contributed by atoms with Crippen LogP contribution in [0.5, 0.6) is 11.5 Å². The van der Waals surface area contributed by atoms with E-state index in [0.29, 0.717) is 29.9 Å². The number of allylic oxidation sites excluding steroid dienone is 2. The first-order valence-corrected chi connectivity index (χ1v) is 13.1. The molecule has 202 valence electrons. The van der Waals surface area contributed by atoms with Crippen LogP contribution in [0.15, 0.2) is 84.1 Å². The number of aryl methyl sites for hydroxylation is 1. The molecule has 0 amide bonds. The minimum atomic E-state index is -0.989. The molecule has 1 aliphatic heterocycles. The van der Waals surface area contributed by atoms with Crippen molar-refractivity contribution < 1.29 is 24.2 Å². The predicted molar refractivity (Wildman–Crippen MR) is 151 cm³/mol. The largest absolute Gasteiger partial charge is 0.493 e. The van der Waals surface area contributed by atoms with Crippen LogP contribution in [-0.4, -0.2) is 40.9 Å². The van der Waals surface area contributed by atoms with Crippen LogP contribution in [0.1, 0.15) is 57.4 Å². The van der Waals surface area contributed by atoms with Gasteiger partial charge in [-0.05, 0) is 66.8 Å². The Kier molecular flexibility index (Phi) is 6.38. The summed E-state index contributed by atoms with van der Waals surface area (Å²) in [5.74, 6) is 0.724. The van der Waals surface area contributed by atoms with Gasteiger partial charge in [0.2, 0.25) is 0 Å². The molecule has 2 heterocycles. The first-order valence-electron chi connectivity index (χ1n) is 13.1. The van der Waals surface area contributed by atoms with Crippen molar-refractivity contribution in [3.05, 3.63) is 112 Å². The van der Waals surface area contributed by atoms with Crippen LogP contribution >= 0.6 is 0 Å². The Labute approximate surface area is 231 Å². The lowest BCUT2D eigenvalue weighted by Gasteiger charge is -2.36.